The number of pyridine rings is 1. The Balaban J connectivity index is 2.09. The number of aliphatic hydroxyl groups is 2. The molecule has 0 aliphatic heterocycles. The summed E-state index contributed by atoms with van der Waals surface area (Å²) in [5, 5.41) is 21.5. The largest absolute Gasteiger partial charge is 0.395 e. The molecule has 2 rings (SSSR count). The average molecular weight is 256 g/mol. The minimum absolute atomic E-state index is 0.101. The number of hydrogen-bond acceptors (Lipinski definition) is 4. The van der Waals surface area contributed by atoms with Crippen LogP contribution in [0.5, 0.6) is 0 Å². The molecule has 6 heteroatoms. The van der Waals surface area contributed by atoms with Gasteiger partial charge in [-0.05, 0) is 12.1 Å². The molecule has 0 unspecified atom stereocenters. The van der Waals surface area contributed by atoms with Crippen LogP contribution >= 0.6 is 11.6 Å². The van der Waals surface area contributed by atoms with Crippen molar-refractivity contribution in [1.82, 2.24) is 14.7 Å². The van der Waals surface area contributed by atoms with Gasteiger partial charge in [-0.15, -0.1) is 0 Å². The maximum atomic E-state index is 8.91. The molecule has 0 saturated heterocycles. The van der Waals surface area contributed by atoms with Gasteiger partial charge < -0.3 is 19.9 Å². The SMILES string of the molecule is OCC(CO)NCc1cn2cc(Cl)ccc2n1. The Kier molecular flexibility index (Phi) is 3.96. The fourth-order valence-electron chi connectivity index (χ4n) is 1.54. The van der Waals surface area contributed by atoms with Crippen molar-refractivity contribution in [2.24, 2.45) is 0 Å². The first-order valence-corrected chi connectivity index (χ1v) is 5.69. The highest BCUT2D eigenvalue weighted by molar-refractivity contribution is 6.30. The van der Waals surface area contributed by atoms with E-state index in [2.05, 4.69) is 10.3 Å². The van der Waals surface area contributed by atoms with Crippen LogP contribution in [0.4, 0.5) is 0 Å². The third-order valence-electron chi connectivity index (χ3n) is 2.48. The molecule has 2 heterocycles. The molecule has 5 nitrogen and oxygen atoms in total. The molecule has 0 aromatic carbocycles. The zero-order chi connectivity index (χ0) is 12.3. The highest BCUT2D eigenvalue weighted by atomic mass is 35.5. The predicted octanol–water partition coefficient (Wildman–Crippen LogP) is 0.430. The summed E-state index contributed by atoms with van der Waals surface area (Å²) in [7, 11) is 0. The molecule has 0 aliphatic rings. The predicted molar refractivity (Wildman–Crippen MR) is 65.0 cm³/mol. The van der Waals surface area contributed by atoms with E-state index in [0.717, 1.165) is 11.3 Å². The van der Waals surface area contributed by atoms with Crippen LogP contribution in [0.3, 0.4) is 0 Å². The van der Waals surface area contributed by atoms with Gasteiger partial charge in [0.1, 0.15) is 5.65 Å². The fraction of sp³-hybridized carbons (Fsp3) is 0.364. The summed E-state index contributed by atoms with van der Waals surface area (Å²) in [5.74, 6) is 0. The number of imidazole rings is 1. The zero-order valence-electron chi connectivity index (χ0n) is 9.17. The summed E-state index contributed by atoms with van der Waals surface area (Å²) in [6.07, 6.45) is 3.64. The Morgan fingerprint density at radius 3 is 2.76 bits per heavy atom. The quantitative estimate of drug-likeness (QED) is 0.725. The van der Waals surface area contributed by atoms with Gasteiger partial charge in [-0.25, -0.2) is 4.98 Å². The van der Waals surface area contributed by atoms with Gasteiger partial charge in [-0.1, -0.05) is 11.6 Å². The van der Waals surface area contributed by atoms with Crippen LogP contribution in [0.1, 0.15) is 5.69 Å². The first-order valence-electron chi connectivity index (χ1n) is 5.31. The molecule has 0 amide bonds. The second-order valence-electron chi connectivity index (χ2n) is 3.79. The molecule has 3 N–H and O–H groups in total. The zero-order valence-corrected chi connectivity index (χ0v) is 9.93. The average Bonchev–Trinajstić information content (AvgIpc) is 2.72. The summed E-state index contributed by atoms with van der Waals surface area (Å²) in [6.45, 7) is 0.288. The molecular weight excluding hydrogens is 242 g/mol. The highest BCUT2D eigenvalue weighted by Crippen LogP contribution is 2.11. The summed E-state index contributed by atoms with van der Waals surface area (Å²) in [4.78, 5) is 4.37. The summed E-state index contributed by atoms with van der Waals surface area (Å²) < 4.78 is 1.84. The number of nitrogens with one attached hydrogen (secondary N) is 1. The van der Waals surface area contributed by atoms with E-state index in [9.17, 15) is 0 Å². The third-order valence-corrected chi connectivity index (χ3v) is 2.70. The second-order valence-corrected chi connectivity index (χ2v) is 4.22. The van der Waals surface area contributed by atoms with E-state index in [1.165, 1.54) is 0 Å². The second kappa shape index (κ2) is 5.46. The maximum absolute atomic E-state index is 8.91. The number of fused-ring (bicyclic) bond motifs is 1. The van der Waals surface area contributed by atoms with Gasteiger partial charge in [0.25, 0.3) is 0 Å². The van der Waals surface area contributed by atoms with Crippen LogP contribution in [-0.4, -0.2) is 38.9 Å². The van der Waals surface area contributed by atoms with Gasteiger partial charge >= 0.3 is 0 Å². The van der Waals surface area contributed by atoms with E-state index >= 15 is 0 Å². The van der Waals surface area contributed by atoms with Crippen molar-refractivity contribution >= 4 is 17.2 Å². The van der Waals surface area contributed by atoms with E-state index < -0.39 is 0 Å². The first-order chi connectivity index (χ1) is 8.22. The number of hydrogen-bond donors (Lipinski definition) is 3. The number of halogens is 1. The minimum atomic E-state index is -0.316. The molecule has 0 fully saturated rings. The third kappa shape index (κ3) is 2.95. The highest BCUT2D eigenvalue weighted by Gasteiger charge is 2.06. The number of aromatic nitrogens is 2. The molecule has 0 bridgehead atoms. The van der Waals surface area contributed by atoms with Crippen LogP contribution in [0.2, 0.25) is 5.02 Å². The van der Waals surface area contributed by atoms with Crippen molar-refractivity contribution in [1.29, 1.82) is 0 Å². The van der Waals surface area contributed by atoms with Gasteiger partial charge in [0.05, 0.1) is 30.0 Å². The molecule has 0 aliphatic carbocycles. The van der Waals surface area contributed by atoms with E-state index in [1.807, 2.05) is 16.7 Å². The fourth-order valence-corrected chi connectivity index (χ4v) is 1.71. The molecule has 2 aromatic rings. The van der Waals surface area contributed by atoms with E-state index in [1.54, 1.807) is 12.3 Å². The van der Waals surface area contributed by atoms with Gasteiger partial charge in [0.2, 0.25) is 0 Å². The number of nitrogens with zero attached hydrogens (tertiary/aromatic N) is 2. The topological polar surface area (TPSA) is 69.8 Å². The molecule has 0 saturated carbocycles. The molecule has 0 spiro atoms. The molecular formula is C11H14ClN3O2. The van der Waals surface area contributed by atoms with Crippen LogP contribution < -0.4 is 5.32 Å². The lowest BCUT2D eigenvalue weighted by atomic mass is 10.3. The van der Waals surface area contributed by atoms with Gasteiger partial charge in [0, 0.05) is 18.9 Å². The van der Waals surface area contributed by atoms with Crippen molar-refractivity contribution in [2.45, 2.75) is 12.6 Å². The van der Waals surface area contributed by atoms with Crippen molar-refractivity contribution < 1.29 is 10.2 Å². The van der Waals surface area contributed by atoms with Crippen molar-refractivity contribution in [3.63, 3.8) is 0 Å². The molecule has 2 aromatic heterocycles. The van der Waals surface area contributed by atoms with Gasteiger partial charge in [-0.2, -0.15) is 0 Å². The lowest BCUT2D eigenvalue weighted by molar-refractivity contribution is 0.170. The maximum Gasteiger partial charge on any atom is 0.137 e. The Hall–Kier alpha value is -1.14. The number of rotatable bonds is 5. The van der Waals surface area contributed by atoms with Crippen LogP contribution in [0.25, 0.3) is 5.65 Å². The minimum Gasteiger partial charge on any atom is -0.395 e. The van der Waals surface area contributed by atoms with Gasteiger partial charge in [0.15, 0.2) is 0 Å². The monoisotopic (exact) mass is 255 g/mol. The standard InChI is InChI=1S/C11H14ClN3O2/c12-8-1-2-11-14-9(5-15(11)4-8)3-13-10(6-16)7-17/h1-2,4-5,10,13,16-17H,3,6-7H2. The van der Waals surface area contributed by atoms with Crippen molar-refractivity contribution in [2.75, 3.05) is 13.2 Å². The van der Waals surface area contributed by atoms with Crippen LogP contribution in [0.15, 0.2) is 24.5 Å². The lowest BCUT2D eigenvalue weighted by Gasteiger charge is -2.11. The normalized spacial score (nSPS) is 11.5. The first kappa shape index (κ1) is 12.3. The number of aliphatic hydroxyl groups excluding tert-OH is 2. The van der Waals surface area contributed by atoms with E-state index in [-0.39, 0.29) is 19.3 Å². The Labute approximate surface area is 104 Å². The lowest BCUT2D eigenvalue weighted by Crippen LogP contribution is -2.35. The Morgan fingerprint density at radius 1 is 1.29 bits per heavy atom. The van der Waals surface area contributed by atoms with E-state index in [4.69, 9.17) is 21.8 Å². The van der Waals surface area contributed by atoms with Crippen LogP contribution in [0, 0.1) is 0 Å². The summed E-state index contributed by atoms with van der Waals surface area (Å²) in [6, 6.07) is 3.30. The Morgan fingerprint density at radius 2 is 2.06 bits per heavy atom. The molecule has 92 valence electrons. The summed E-state index contributed by atoms with van der Waals surface area (Å²) >= 11 is 5.87. The van der Waals surface area contributed by atoms with Gasteiger partial charge in [-0.3, -0.25) is 0 Å². The smallest absolute Gasteiger partial charge is 0.137 e. The van der Waals surface area contributed by atoms with Crippen molar-refractivity contribution in [3.8, 4) is 0 Å². The molecule has 17 heavy (non-hydrogen) atoms. The van der Waals surface area contributed by atoms with E-state index in [0.29, 0.717) is 11.6 Å². The van der Waals surface area contributed by atoms with Crippen LogP contribution in [-0.2, 0) is 6.54 Å². The molecule has 0 radical (unpaired) electrons. The summed E-state index contributed by atoms with van der Waals surface area (Å²) in [5.41, 5.74) is 1.65. The molecule has 0 atom stereocenters. The Bertz CT molecular complexity index is 496. The van der Waals surface area contributed by atoms with Crippen molar-refractivity contribution in [3.05, 3.63) is 35.2 Å².